The van der Waals surface area contributed by atoms with Crippen molar-refractivity contribution in [2.45, 2.75) is 19.9 Å². The number of hydrogen-bond acceptors (Lipinski definition) is 4. The van der Waals surface area contributed by atoms with E-state index in [4.69, 9.17) is 10.00 Å². The van der Waals surface area contributed by atoms with Crippen molar-refractivity contribution in [3.63, 3.8) is 0 Å². The van der Waals surface area contributed by atoms with E-state index in [9.17, 15) is 4.79 Å². The number of nitrogens with zero attached hydrogens (tertiary/aromatic N) is 1. The number of carbonyl (C=O) groups excluding carboxylic acids is 1. The molecule has 1 rings (SSSR count). The molecule has 0 unspecified atom stereocenters. The molecule has 0 saturated carbocycles. The highest BCUT2D eigenvalue weighted by molar-refractivity contribution is 5.77. The van der Waals surface area contributed by atoms with Gasteiger partial charge in [-0.1, -0.05) is 19.1 Å². The molecule has 0 heterocycles. The smallest absolute Gasteiger partial charge is 0.258 e. The van der Waals surface area contributed by atoms with Gasteiger partial charge in [-0.15, -0.1) is 0 Å². The lowest BCUT2D eigenvalue weighted by Gasteiger charge is -2.07. The SMILES string of the molecule is CCCNCc1ccc(OCC(=O)NCC#N)cc1. The number of benzene rings is 1. The number of nitrogens with one attached hydrogen (secondary N) is 2. The van der Waals surface area contributed by atoms with E-state index < -0.39 is 0 Å². The first-order valence-corrected chi connectivity index (χ1v) is 6.32. The summed E-state index contributed by atoms with van der Waals surface area (Å²) in [6.45, 7) is 3.88. The second kappa shape index (κ2) is 8.95. The second-order valence-electron chi connectivity index (χ2n) is 4.04. The van der Waals surface area contributed by atoms with E-state index in [1.54, 1.807) is 0 Å². The molecule has 0 saturated heterocycles. The molecule has 1 amide bonds. The second-order valence-corrected chi connectivity index (χ2v) is 4.04. The summed E-state index contributed by atoms with van der Waals surface area (Å²) in [5.74, 6) is 0.349. The number of nitriles is 1. The number of amides is 1. The van der Waals surface area contributed by atoms with E-state index in [1.807, 2.05) is 30.3 Å². The van der Waals surface area contributed by atoms with Gasteiger partial charge in [-0.05, 0) is 30.7 Å². The summed E-state index contributed by atoms with van der Waals surface area (Å²) in [6, 6.07) is 9.43. The highest BCUT2D eigenvalue weighted by Gasteiger charge is 2.01. The number of carbonyl (C=O) groups is 1. The van der Waals surface area contributed by atoms with Crippen LogP contribution >= 0.6 is 0 Å². The van der Waals surface area contributed by atoms with E-state index in [0.29, 0.717) is 5.75 Å². The molecule has 0 spiro atoms. The summed E-state index contributed by atoms with van der Waals surface area (Å²) in [7, 11) is 0. The van der Waals surface area contributed by atoms with Crippen LogP contribution in [0.25, 0.3) is 0 Å². The van der Waals surface area contributed by atoms with Gasteiger partial charge in [0.1, 0.15) is 12.3 Å². The first-order valence-electron chi connectivity index (χ1n) is 6.32. The maximum Gasteiger partial charge on any atom is 0.258 e. The van der Waals surface area contributed by atoms with Crippen molar-refractivity contribution in [2.75, 3.05) is 19.7 Å². The van der Waals surface area contributed by atoms with Gasteiger partial charge >= 0.3 is 0 Å². The molecule has 0 aliphatic rings. The van der Waals surface area contributed by atoms with Gasteiger partial charge < -0.3 is 15.4 Å². The van der Waals surface area contributed by atoms with Gasteiger partial charge in [-0.3, -0.25) is 4.79 Å². The van der Waals surface area contributed by atoms with Crippen molar-refractivity contribution >= 4 is 5.91 Å². The molecular weight excluding hydrogens is 242 g/mol. The minimum absolute atomic E-state index is 0.00420. The minimum Gasteiger partial charge on any atom is -0.484 e. The van der Waals surface area contributed by atoms with Crippen molar-refractivity contribution in [1.29, 1.82) is 5.26 Å². The molecule has 102 valence electrons. The lowest BCUT2D eigenvalue weighted by atomic mass is 10.2. The van der Waals surface area contributed by atoms with Crippen LogP contribution in [0.3, 0.4) is 0 Å². The van der Waals surface area contributed by atoms with Gasteiger partial charge in [0, 0.05) is 6.54 Å². The van der Waals surface area contributed by atoms with E-state index in [1.165, 1.54) is 5.56 Å². The Morgan fingerprint density at radius 1 is 1.37 bits per heavy atom. The highest BCUT2D eigenvalue weighted by Crippen LogP contribution is 2.11. The normalized spacial score (nSPS) is 9.68. The topological polar surface area (TPSA) is 74.2 Å². The van der Waals surface area contributed by atoms with E-state index in [2.05, 4.69) is 17.6 Å². The highest BCUT2D eigenvalue weighted by atomic mass is 16.5. The number of ether oxygens (including phenoxy) is 1. The van der Waals surface area contributed by atoms with Crippen LogP contribution in [0.15, 0.2) is 24.3 Å². The van der Waals surface area contributed by atoms with Crippen LogP contribution < -0.4 is 15.4 Å². The van der Waals surface area contributed by atoms with E-state index >= 15 is 0 Å². The molecule has 0 aliphatic carbocycles. The Kier molecular flexibility index (Phi) is 7.06. The van der Waals surface area contributed by atoms with Gasteiger partial charge in [0.2, 0.25) is 0 Å². The zero-order valence-electron chi connectivity index (χ0n) is 11.1. The summed E-state index contributed by atoms with van der Waals surface area (Å²) in [5.41, 5.74) is 1.18. The third-order valence-corrected chi connectivity index (χ3v) is 2.41. The van der Waals surface area contributed by atoms with Gasteiger partial charge in [0.05, 0.1) is 6.07 Å². The van der Waals surface area contributed by atoms with Gasteiger partial charge in [0.15, 0.2) is 6.61 Å². The third-order valence-electron chi connectivity index (χ3n) is 2.41. The summed E-state index contributed by atoms with van der Waals surface area (Å²) >= 11 is 0. The molecule has 0 fully saturated rings. The Morgan fingerprint density at radius 3 is 2.74 bits per heavy atom. The third kappa shape index (κ3) is 6.43. The molecule has 1 aromatic carbocycles. The fourth-order valence-electron chi connectivity index (χ4n) is 1.45. The minimum atomic E-state index is -0.296. The number of hydrogen-bond donors (Lipinski definition) is 2. The molecule has 5 nitrogen and oxygen atoms in total. The Balaban J connectivity index is 2.32. The molecule has 0 atom stereocenters. The summed E-state index contributed by atoms with van der Waals surface area (Å²) in [4.78, 5) is 11.2. The van der Waals surface area contributed by atoms with Gasteiger partial charge in [0.25, 0.3) is 5.91 Å². The molecule has 1 aromatic rings. The fraction of sp³-hybridized carbons (Fsp3) is 0.429. The number of rotatable bonds is 8. The first-order chi connectivity index (χ1) is 9.26. The molecule has 0 bridgehead atoms. The summed E-state index contributed by atoms with van der Waals surface area (Å²) < 4.78 is 5.30. The maximum atomic E-state index is 11.2. The molecule has 0 aromatic heterocycles. The van der Waals surface area contributed by atoms with Crippen LogP contribution in [0.1, 0.15) is 18.9 Å². The maximum absolute atomic E-state index is 11.2. The first kappa shape index (κ1) is 15.0. The summed E-state index contributed by atoms with van der Waals surface area (Å²) in [6.07, 6.45) is 1.11. The lowest BCUT2D eigenvalue weighted by Crippen LogP contribution is -2.29. The zero-order valence-corrected chi connectivity index (χ0v) is 11.1. The molecule has 0 radical (unpaired) electrons. The molecular formula is C14H19N3O2. The van der Waals surface area contributed by atoms with E-state index in [-0.39, 0.29) is 19.1 Å². The van der Waals surface area contributed by atoms with Crippen molar-refractivity contribution in [3.8, 4) is 11.8 Å². The van der Waals surface area contributed by atoms with Crippen LogP contribution in [0.5, 0.6) is 5.75 Å². The summed E-state index contributed by atoms with van der Waals surface area (Å²) in [5, 5.41) is 14.0. The Hall–Kier alpha value is -2.06. The molecule has 2 N–H and O–H groups in total. The predicted octanol–water partition coefficient (Wildman–Crippen LogP) is 1.20. The Labute approximate surface area is 113 Å². The Bertz CT molecular complexity index is 423. The lowest BCUT2D eigenvalue weighted by molar-refractivity contribution is -0.122. The van der Waals surface area contributed by atoms with Crippen LogP contribution in [0, 0.1) is 11.3 Å². The molecule has 0 aliphatic heterocycles. The van der Waals surface area contributed by atoms with Crippen LogP contribution in [-0.2, 0) is 11.3 Å². The average Bonchev–Trinajstić information content (AvgIpc) is 2.44. The van der Waals surface area contributed by atoms with Crippen molar-refractivity contribution < 1.29 is 9.53 Å². The predicted molar refractivity (Wildman–Crippen MR) is 72.6 cm³/mol. The quantitative estimate of drug-likeness (QED) is 0.545. The van der Waals surface area contributed by atoms with Crippen LogP contribution in [0.2, 0.25) is 0 Å². The van der Waals surface area contributed by atoms with Crippen LogP contribution in [0.4, 0.5) is 0 Å². The molecule has 19 heavy (non-hydrogen) atoms. The van der Waals surface area contributed by atoms with Crippen LogP contribution in [-0.4, -0.2) is 25.6 Å². The monoisotopic (exact) mass is 261 g/mol. The fourth-order valence-corrected chi connectivity index (χ4v) is 1.45. The van der Waals surface area contributed by atoms with Crippen molar-refractivity contribution in [3.05, 3.63) is 29.8 Å². The van der Waals surface area contributed by atoms with Gasteiger partial charge in [-0.25, -0.2) is 0 Å². The average molecular weight is 261 g/mol. The van der Waals surface area contributed by atoms with Crippen molar-refractivity contribution in [2.24, 2.45) is 0 Å². The standard InChI is InChI=1S/C14H19N3O2/c1-2-8-16-10-12-3-5-13(6-4-12)19-11-14(18)17-9-7-15/h3-6,16H,2,8-11H2,1H3,(H,17,18). The zero-order chi connectivity index (χ0) is 13.9. The van der Waals surface area contributed by atoms with Crippen molar-refractivity contribution in [1.82, 2.24) is 10.6 Å². The largest absolute Gasteiger partial charge is 0.484 e. The van der Waals surface area contributed by atoms with Gasteiger partial charge in [-0.2, -0.15) is 5.26 Å². The molecule has 5 heteroatoms. The Morgan fingerprint density at radius 2 is 2.11 bits per heavy atom. The van der Waals surface area contributed by atoms with E-state index in [0.717, 1.165) is 19.5 Å².